The van der Waals surface area contributed by atoms with Crippen LogP contribution in [0.15, 0.2) is 4.34 Å². The molecule has 0 spiro atoms. The van der Waals surface area contributed by atoms with Gasteiger partial charge in [-0.1, -0.05) is 42.4 Å². The molecule has 4 nitrogen and oxygen atoms in total. The first kappa shape index (κ1) is 13.6. The van der Waals surface area contributed by atoms with Gasteiger partial charge in [0.15, 0.2) is 4.34 Å². The highest BCUT2D eigenvalue weighted by molar-refractivity contribution is 8.01. The van der Waals surface area contributed by atoms with E-state index in [0.717, 1.165) is 21.8 Å². The van der Waals surface area contributed by atoms with Crippen LogP contribution in [0.25, 0.3) is 0 Å². The molecule has 2 heterocycles. The lowest BCUT2D eigenvalue weighted by atomic mass is 9.96. The van der Waals surface area contributed by atoms with E-state index in [0.29, 0.717) is 12.1 Å². The normalized spacial score (nSPS) is 24.7. The van der Waals surface area contributed by atoms with Gasteiger partial charge in [-0.25, -0.2) is 0 Å². The molecular weight excluding hydrogens is 278 g/mol. The summed E-state index contributed by atoms with van der Waals surface area (Å²) in [5.41, 5.74) is 0. The maximum absolute atomic E-state index is 5.62. The molecule has 2 aliphatic rings. The topological polar surface area (TPSA) is 47.0 Å². The molecule has 1 aromatic rings. The van der Waals surface area contributed by atoms with Crippen LogP contribution >= 0.6 is 23.1 Å². The molecule has 19 heavy (non-hydrogen) atoms. The van der Waals surface area contributed by atoms with Crippen LogP contribution in [0.3, 0.4) is 0 Å². The zero-order chi connectivity index (χ0) is 12.9. The summed E-state index contributed by atoms with van der Waals surface area (Å²) in [6.45, 7) is 0.926. The van der Waals surface area contributed by atoms with Crippen molar-refractivity contribution in [2.24, 2.45) is 0 Å². The summed E-state index contributed by atoms with van der Waals surface area (Å²) in [6, 6.07) is 0.609. The van der Waals surface area contributed by atoms with Crippen molar-refractivity contribution in [2.75, 3.05) is 17.7 Å². The molecule has 1 saturated heterocycles. The third kappa shape index (κ3) is 4.07. The fourth-order valence-electron chi connectivity index (χ4n) is 2.69. The van der Waals surface area contributed by atoms with Gasteiger partial charge in [-0.2, -0.15) is 0 Å². The molecule has 3 rings (SSSR count). The van der Waals surface area contributed by atoms with Crippen LogP contribution in [0.5, 0.6) is 0 Å². The monoisotopic (exact) mass is 299 g/mol. The van der Waals surface area contributed by atoms with E-state index in [9.17, 15) is 0 Å². The van der Waals surface area contributed by atoms with Gasteiger partial charge < -0.3 is 10.1 Å². The highest BCUT2D eigenvalue weighted by Crippen LogP contribution is 2.30. The summed E-state index contributed by atoms with van der Waals surface area (Å²) in [5, 5.41) is 13.0. The van der Waals surface area contributed by atoms with Gasteiger partial charge >= 0.3 is 0 Å². The average Bonchev–Trinajstić information content (AvgIpc) is 3.09. The molecule has 1 N–H and O–H groups in total. The number of aromatic nitrogens is 2. The van der Waals surface area contributed by atoms with Crippen molar-refractivity contribution in [1.82, 2.24) is 10.2 Å². The van der Waals surface area contributed by atoms with E-state index in [2.05, 4.69) is 15.5 Å². The Balaban J connectivity index is 1.45. The number of thioether (sulfide) groups is 1. The Bertz CT molecular complexity index is 387. The minimum Gasteiger partial charge on any atom is -0.377 e. The maximum Gasteiger partial charge on any atom is 0.206 e. The smallest absolute Gasteiger partial charge is 0.206 e. The van der Waals surface area contributed by atoms with E-state index < -0.39 is 0 Å². The number of hydrogen-bond acceptors (Lipinski definition) is 6. The van der Waals surface area contributed by atoms with Gasteiger partial charge in [-0.15, -0.1) is 10.2 Å². The number of anilines is 1. The number of ether oxygens (including phenoxy) is 1. The minimum absolute atomic E-state index is 0.420. The Kier molecular flexibility index (Phi) is 4.96. The zero-order valence-corrected chi connectivity index (χ0v) is 12.8. The van der Waals surface area contributed by atoms with Gasteiger partial charge in [0, 0.05) is 18.4 Å². The standard InChI is InChI=1S/C13H21N3OS2/c1-2-5-10(6-3-1)14-12-15-16-13(19-12)18-9-11-7-4-8-17-11/h10-11H,1-9H2,(H,14,15)/t11-/m1/s1. The molecule has 0 amide bonds. The summed E-state index contributed by atoms with van der Waals surface area (Å²) >= 11 is 3.46. The van der Waals surface area contributed by atoms with Crippen LogP contribution in [0, 0.1) is 0 Å². The van der Waals surface area contributed by atoms with Crippen molar-refractivity contribution in [3.8, 4) is 0 Å². The number of nitrogens with zero attached hydrogens (tertiary/aromatic N) is 2. The highest BCUT2D eigenvalue weighted by Gasteiger charge is 2.18. The van der Waals surface area contributed by atoms with E-state index in [1.807, 2.05) is 0 Å². The SMILES string of the molecule is C1CCC(Nc2nnc(SC[C@H]3CCCO3)s2)CC1. The van der Waals surface area contributed by atoms with Gasteiger partial charge in [0.25, 0.3) is 0 Å². The molecule has 0 aromatic carbocycles. The predicted octanol–water partition coefficient (Wildman–Crippen LogP) is 3.55. The third-order valence-corrected chi connectivity index (χ3v) is 5.88. The van der Waals surface area contributed by atoms with Crippen molar-refractivity contribution >= 4 is 28.2 Å². The van der Waals surface area contributed by atoms with Crippen molar-refractivity contribution in [3.63, 3.8) is 0 Å². The fourth-order valence-corrected chi connectivity index (χ4v) is 4.61. The molecule has 0 unspecified atom stereocenters. The molecular formula is C13H21N3OS2. The predicted molar refractivity (Wildman–Crippen MR) is 80.1 cm³/mol. The lowest BCUT2D eigenvalue weighted by Gasteiger charge is -2.21. The summed E-state index contributed by atoms with van der Waals surface area (Å²) in [4.78, 5) is 0. The molecule has 0 bridgehead atoms. The van der Waals surface area contributed by atoms with Crippen molar-refractivity contribution in [1.29, 1.82) is 0 Å². The average molecular weight is 299 g/mol. The highest BCUT2D eigenvalue weighted by atomic mass is 32.2. The molecule has 106 valence electrons. The van der Waals surface area contributed by atoms with E-state index in [-0.39, 0.29) is 0 Å². The lowest BCUT2D eigenvalue weighted by molar-refractivity contribution is 0.129. The number of hydrogen-bond donors (Lipinski definition) is 1. The molecule has 1 aromatic heterocycles. The largest absolute Gasteiger partial charge is 0.377 e. The Labute approximate surface area is 122 Å². The van der Waals surface area contributed by atoms with Gasteiger partial charge in [0.2, 0.25) is 5.13 Å². The van der Waals surface area contributed by atoms with Gasteiger partial charge in [0.1, 0.15) is 0 Å². The quantitative estimate of drug-likeness (QED) is 0.842. The van der Waals surface area contributed by atoms with Gasteiger partial charge in [-0.3, -0.25) is 0 Å². The molecule has 2 fully saturated rings. The van der Waals surface area contributed by atoms with Crippen LogP contribution in [0.2, 0.25) is 0 Å². The Morgan fingerprint density at radius 1 is 1.16 bits per heavy atom. The van der Waals surface area contributed by atoms with Crippen LogP contribution in [0.1, 0.15) is 44.9 Å². The second kappa shape index (κ2) is 6.90. The minimum atomic E-state index is 0.420. The maximum atomic E-state index is 5.62. The van der Waals surface area contributed by atoms with E-state index in [1.165, 1.54) is 44.9 Å². The number of nitrogens with one attached hydrogen (secondary N) is 1. The molecule has 1 aliphatic heterocycles. The lowest BCUT2D eigenvalue weighted by Crippen LogP contribution is -2.21. The molecule has 1 aliphatic carbocycles. The fraction of sp³-hybridized carbons (Fsp3) is 0.846. The van der Waals surface area contributed by atoms with Crippen LogP contribution < -0.4 is 5.32 Å². The zero-order valence-electron chi connectivity index (χ0n) is 11.1. The first-order valence-corrected chi connectivity index (χ1v) is 9.05. The second-order valence-corrected chi connectivity index (χ2v) is 7.54. The van der Waals surface area contributed by atoms with Crippen LogP contribution in [-0.2, 0) is 4.74 Å². The van der Waals surface area contributed by atoms with Gasteiger partial charge in [-0.05, 0) is 25.7 Å². The summed E-state index contributed by atoms with van der Waals surface area (Å²) in [7, 11) is 0. The van der Waals surface area contributed by atoms with E-state index in [4.69, 9.17) is 4.74 Å². The molecule has 1 saturated carbocycles. The second-order valence-electron chi connectivity index (χ2n) is 5.30. The summed E-state index contributed by atoms with van der Waals surface area (Å²) < 4.78 is 6.69. The molecule has 0 radical (unpaired) electrons. The van der Waals surface area contributed by atoms with Gasteiger partial charge in [0.05, 0.1) is 6.10 Å². The van der Waals surface area contributed by atoms with Crippen molar-refractivity contribution in [3.05, 3.63) is 0 Å². The van der Waals surface area contributed by atoms with Crippen molar-refractivity contribution < 1.29 is 4.74 Å². The Morgan fingerprint density at radius 2 is 2.05 bits per heavy atom. The molecule has 6 heteroatoms. The third-order valence-electron chi connectivity index (χ3n) is 3.76. The van der Waals surface area contributed by atoms with Crippen molar-refractivity contribution in [2.45, 2.75) is 61.4 Å². The van der Waals surface area contributed by atoms with Crippen LogP contribution in [-0.4, -0.2) is 34.7 Å². The Hall–Kier alpha value is -0.330. The Morgan fingerprint density at radius 3 is 2.84 bits per heavy atom. The van der Waals surface area contributed by atoms with E-state index in [1.54, 1.807) is 23.1 Å². The first-order valence-electron chi connectivity index (χ1n) is 7.24. The first-order chi connectivity index (χ1) is 9.40. The van der Waals surface area contributed by atoms with E-state index >= 15 is 0 Å². The summed E-state index contributed by atoms with van der Waals surface area (Å²) in [5.74, 6) is 1.01. The van der Waals surface area contributed by atoms with Crippen LogP contribution in [0.4, 0.5) is 5.13 Å². The molecule has 1 atom stereocenters. The number of rotatable bonds is 5. The summed E-state index contributed by atoms with van der Waals surface area (Å²) in [6.07, 6.45) is 9.44.